The topological polar surface area (TPSA) is 85.3 Å². The molecule has 0 spiro atoms. The first kappa shape index (κ1) is 13.9. The SMILES string of the molecule is NCc1ccc(S(=O)(=O)Nc2cccc(Cl)c2F)o1. The predicted molar refractivity (Wildman–Crippen MR) is 68.8 cm³/mol. The fraction of sp³-hybridized carbons (Fsp3) is 0.0909. The fourth-order valence-corrected chi connectivity index (χ4v) is 2.58. The van der Waals surface area contributed by atoms with Gasteiger partial charge in [0, 0.05) is 0 Å². The molecule has 2 aromatic rings. The maximum atomic E-state index is 13.6. The highest BCUT2D eigenvalue weighted by atomic mass is 35.5. The summed E-state index contributed by atoms with van der Waals surface area (Å²) < 4.78 is 44.6. The van der Waals surface area contributed by atoms with Crippen LogP contribution in [-0.2, 0) is 16.6 Å². The lowest BCUT2D eigenvalue weighted by atomic mass is 10.3. The summed E-state index contributed by atoms with van der Waals surface area (Å²) in [6.45, 7) is 0.0705. The Hall–Kier alpha value is -1.57. The van der Waals surface area contributed by atoms with Crippen molar-refractivity contribution in [2.75, 3.05) is 4.72 Å². The minimum atomic E-state index is -4.01. The lowest BCUT2D eigenvalue weighted by molar-refractivity contribution is 0.417. The molecule has 0 aliphatic rings. The zero-order valence-electron chi connectivity index (χ0n) is 9.56. The second-order valence-electron chi connectivity index (χ2n) is 3.63. The fourth-order valence-electron chi connectivity index (χ4n) is 1.39. The summed E-state index contributed by atoms with van der Waals surface area (Å²) in [7, 11) is -4.01. The summed E-state index contributed by atoms with van der Waals surface area (Å²) in [5.74, 6) is -0.537. The molecule has 0 saturated carbocycles. The molecule has 1 heterocycles. The molecule has 1 aromatic carbocycles. The average molecular weight is 305 g/mol. The number of anilines is 1. The van der Waals surface area contributed by atoms with E-state index in [4.69, 9.17) is 21.8 Å². The number of halogens is 2. The Kier molecular flexibility index (Phi) is 3.79. The molecule has 8 heteroatoms. The Balaban J connectivity index is 2.33. The highest BCUT2D eigenvalue weighted by Crippen LogP contribution is 2.25. The van der Waals surface area contributed by atoms with Gasteiger partial charge >= 0.3 is 0 Å². The van der Waals surface area contributed by atoms with E-state index < -0.39 is 15.8 Å². The molecule has 0 atom stereocenters. The van der Waals surface area contributed by atoms with Crippen LogP contribution in [-0.4, -0.2) is 8.42 Å². The van der Waals surface area contributed by atoms with Gasteiger partial charge in [0.2, 0.25) is 5.09 Å². The van der Waals surface area contributed by atoms with Gasteiger partial charge in [0.05, 0.1) is 17.3 Å². The van der Waals surface area contributed by atoms with Crippen molar-refractivity contribution in [3.05, 3.63) is 46.9 Å². The Labute approximate surface area is 114 Å². The van der Waals surface area contributed by atoms with E-state index in [1.807, 2.05) is 0 Å². The van der Waals surface area contributed by atoms with Crippen molar-refractivity contribution in [2.45, 2.75) is 11.6 Å². The van der Waals surface area contributed by atoms with Crippen molar-refractivity contribution in [3.8, 4) is 0 Å². The van der Waals surface area contributed by atoms with E-state index in [9.17, 15) is 12.8 Å². The second kappa shape index (κ2) is 5.20. The zero-order chi connectivity index (χ0) is 14.0. The summed E-state index contributed by atoms with van der Waals surface area (Å²) in [5, 5.41) is -0.519. The van der Waals surface area contributed by atoms with E-state index in [1.165, 1.54) is 30.3 Å². The van der Waals surface area contributed by atoms with E-state index in [1.54, 1.807) is 0 Å². The number of benzene rings is 1. The predicted octanol–water partition coefficient (Wildman–Crippen LogP) is 2.33. The third-order valence-corrected chi connectivity index (χ3v) is 3.83. The first-order valence-corrected chi connectivity index (χ1v) is 7.06. The minimum Gasteiger partial charge on any atom is -0.446 e. The summed E-state index contributed by atoms with van der Waals surface area (Å²) in [6, 6.07) is 6.67. The molecular weight excluding hydrogens is 295 g/mol. The van der Waals surface area contributed by atoms with Crippen LogP contribution < -0.4 is 10.5 Å². The third-order valence-electron chi connectivity index (χ3n) is 2.30. The molecule has 0 fully saturated rings. The summed E-state index contributed by atoms with van der Waals surface area (Å²) in [5.41, 5.74) is 5.06. The summed E-state index contributed by atoms with van der Waals surface area (Å²) >= 11 is 5.57. The monoisotopic (exact) mass is 304 g/mol. The van der Waals surface area contributed by atoms with Gasteiger partial charge in [-0.2, -0.15) is 8.42 Å². The van der Waals surface area contributed by atoms with Crippen LogP contribution in [0.1, 0.15) is 5.76 Å². The first-order valence-electron chi connectivity index (χ1n) is 5.19. The maximum absolute atomic E-state index is 13.6. The van der Waals surface area contributed by atoms with Gasteiger partial charge in [0.15, 0.2) is 5.82 Å². The van der Waals surface area contributed by atoms with Crippen molar-refractivity contribution in [2.24, 2.45) is 5.73 Å². The van der Waals surface area contributed by atoms with E-state index in [-0.39, 0.29) is 22.3 Å². The molecule has 0 amide bonds. The quantitative estimate of drug-likeness (QED) is 0.908. The molecule has 3 N–H and O–H groups in total. The number of hydrogen-bond acceptors (Lipinski definition) is 4. The molecule has 0 aliphatic carbocycles. The number of nitrogens with one attached hydrogen (secondary N) is 1. The zero-order valence-corrected chi connectivity index (χ0v) is 11.1. The molecule has 0 unspecified atom stereocenters. The first-order chi connectivity index (χ1) is 8.94. The molecule has 19 heavy (non-hydrogen) atoms. The average Bonchev–Trinajstić information content (AvgIpc) is 2.84. The molecular formula is C11H10ClFN2O3S. The van der Waals surface area contributed by atoms with Crippen LogP contribution in [0.25, 0.3) is 0 Å². The van der Waals surface area contributed by atoms with Crippen LogP contribution >= 0.6 is 11.6 Å². The molecule has 0 saturated heterocycles. The lowest BCUT2D eigenvalue weighted by Crippen LogP contribution is -2.13. The van der Waals surface area contributed by atoms with Crippen LogP contribution in [0.15, 0.2) is 39.8 Å². The Morgan fingerprint density at radius 1 is 1.32 bits per heavy atom. The number of rotatable bonds is 4. The molecule has 1 aromatic heterocycles. The van der Waals surface area contributed by atoms with Crippen LogP contribution in [0.4, 0.5) is 10.1 Å². The Bertz CT molecular complexity index is 700. The Morgan fingerprint density at radius 2 is 2.05 bits per heavy atom. The number of sulfonamides is 1. The molecule has 0 bridgehead atoms. The summed E-state index contributed by atoms with van der Waals surface area (Å²) in [6.07, 6.45) is 0. The van der Waals surface area contributed by atoms with Gasteiger partial charge in [0.25, 0.3) is 10.0 Å². The molecule has 0 radical (unpaired) electrons. The number of furan rings is 1. The normalized spacial score (nSPS) is 11.5. The van der Waals surface area contributed by atoms with Gasteiger partial charge < -0.3 is 10.2 Å². The molecule has 5 nitrogen and oxygen atoms in total. The Morgan fingerprint density at radius 3 is 2.68 bits per heavy atom. The van der Waals surface area contributed by atoms with Gasteiger partial charge in [-0.15, -0.1) is 0 Å². The van der Waals surface area contributed by atoms with E-state index in [2.05, 4.69) is 4.72 Å². The van der Waals surface area contributed by atoms with Crippen LogP contribution in [0.2, 0.25) is 5.02 Å². The highest BCUT2D eigenvalue weighted by Gasteiger charge is 2.20. The van der Waals surface area contributed by atoms with Gasteiger partial charge in [-0.05, 0) is 24.3 Å². The van der Waals surface area contributed by atoms with Crippen molar-refractivity contribution in [3.63, 3.8) is 0 Å². The largest absolute Gasteiger partial charge is 0.446 e. The van der Waals surface area contributed by atoms with Crippen LogP contribution in [0, 0.1) is 5.82 Å². The number of nitrogens with two attached hydrogens (primary N) is 1. The second-order valence-corrected chi connectivity index (χ2v) is 5.65. The van der Waals surface area contributed by atoms with Gasteiger partial charge in [0.1, 0.15) is 5.76 Å². The van der Waals surface area contributed by atoms with Crippen molar-refractivity contribution < 1.29 is 17.2 Å². The molecule has 2 rings (SSSR count). The minimum absolute atomic E-state index is 0.0705. The van der Waals surface area contributed by atoms with Crippen LogP contribution in [0.3, 0.4) is 0 Å². The van der Waals surface area contributed by atoms with Crippen molar-refractivity contribution in [1.29, 1.82) is 0 Å². The molecule has 0 aliphatic heterocycles. The van der Waals surface area contributed by atoms with Gasteiger partial charge in [-0.3, -0.25) is 4.72 Å². The van der Waals surface area contributed by atoms with E-state index in [0.717, 1.165) is 0 Å². The lowest BCUT2D eigenvalue weighted by Gasteiger charge is -2.07. The van der Waals surface area contributed by atoms with E-state index >= 15 is 0 Å². The van der Waals surface area contributed by atoms with Gasteiger partial charge in [-0.1, -0.05) is 17.7 Å². The summed E-state index contributed by atoms with van der Waals surface area (Å²) in [4.78, 5) is 0. The van der Waals surface area contributed by atoms with E-state index in [0.29, 0.717) is 5.76 Å². The molecule has 102 valence electrons. The smallest absolute Gasteiger partial charge is 0.295 e. The van der Waals surface area contributed by atoms with Crippen molar-refractivity contribution in [1.82, 2.24) is 0 Å². The highest BCUT2D eigenvalue weighted by molar-refractivity contribution is 7.92. The van der Waals surface area contributed by atoms with Gasteiger partial charge in [-0.25, -0.2) is 4.39 Å². The maximum Gasteiger partial charge on any atom is 0.295 e. The number of hydrogen-bond donors (Lipinski definition) is 2. The standard InChI is InChI=1S/C11H10ClFN2O3S/c12-8-2-1-3-9(11(8)13)15-19(16,17)10-5-4-7(6-14)18-10/h1-5,15H,6,14H2. The van der Waals surface area contributed by atoms with Crippen molar-refractivity contribution >= 4 is 27.3 Å². The van der Waals surface area contributed by atoms with Crippen LogP contribution in [0.5, 0.6) is 0 Å². The third kappa shape index (κ3) is 2.89.